The van der Waals surface area contributed by atoms with Crippen molar-refractivity contribution in [2.45, 2.75) is 19.4 Å². The van der Waals surface area contributed by atoms with Gasteiger partial charge in [0.25, 0.3) is 5.56 Å². The first-order valence-electron chi connectivity index (χ1n) is 11.1. The summed E-state index contributed by atoms with van der Waals surface area (Å²) in [4.78, 5) is 29.8. The molecule has 0 N–H and O–H groups in total. The third-order valence-electron chi connectivity index (χ3n) is 6.28. The van der Waals surface area contributed by atoms with Gasteiger partial charge in [-0.15, -0.1) is 0 Å². The monoisotopic (exact) mass is 464 g/mol. The maximum Gasteiger partial charge on any atom is 0.267 e. The fourth-order valence-corrected chi connectivity index (χ4v) is 4.36. The van der Waals surface area contributed by atoms with Crippen molar-refractivity contribution in [3.05, 3.63) is 70.8 Å². The van der Waals surface area contributed by atoms with E-state index in [1.165, 1.54) is 16.8 Å². The summed E-state index contributed by atoms with van der Waals surface area (Å²) in [6.45, 7) is 5.40. The molecule has 0 spiro atoms. The van der Waals surface area contributed by atoms with Gasteiger partial charge in [0.1, 0.15) is 11.4 Å². The van der Waals surface area contributed by atoms with Crippen LogP contribution in [0.3, 0.4) is 0 Å². The van der Waals surface area contributed by atoms with Crippen molar-refractivity contribution in [1.29, 1.82) is 0 Å². The van der Waals surface area contributed by atoms with Gasteiger partial charge in [0.05, 0.1) is 11.4 Å². The number of hydrogen-bond acceptors (Lipinski definition) is 6. The maximum atomic E-state index is 14.2. The number of aromatic nitrogens is 2. The van der Waals surface area contributed by atoms with E-state index in [1.807, 2.05) is 11.0 Å². The zero-order chi connectivity index (χ0) is 23.9. The van der Waals surface area contributed by atoms with E-state index in [1.54, 1.807) is 55.1 Å². The molecule has 8 nitrogen and oxygen atoms in total. The van der Waals surface area contributed by atoms with Crippen molar-refractivity contribution in [1.82, 2.24) is 14.7 Å². The van der Waals surface area contributed by atoms with E-state index in [0.717, 1.165) is 5.56 Å². The first-order valence-corrected chi connectivity index (χ1v) is 11.1. The molecule has 176 valence electrons. The Kier molecular flexibility index (Phi) is 5.47. The van der Waals surface area contributed by atoms with Crippen molar-refractivity contribution in [2.75, 3.05) is 37.9 Å². The molecule has 3 heterocycles. The van der Waals surface area contributed by atoms with Gasteiger partial charge in [0, 0.05) is 37.8 Å². The molecule has 0 atom stereocenters. The predicted octanol–water partition coefficient (Wildman–Crippen LogP) is 2.86. The number of amides is 1. The lowest BCUT2D eigenvalue weighted by molar-refractivity contribution is -0.140. The highest BCUT2D eigenvalue weighted by atomic mass is 19.1. The number of nitrogens with zero attached hydrogens (tertiary/aromatic N) is 4. The molecule has 9 heteroatoms. The summed E-state index contributed by atoms with van der Waals surface area (Å²) in [6, 6.07) is 15.1. The first-order chi connectivity index (χ1) is 16.3. The Hall–Kier alpha value is -3.88. The lowest BCUT2D eigenvalue weighted by Crippen LogP contribution is -2.56. The average Bonchev–Trinajstić information content (AvgIpc) is 3.32. The Bertz CT molecular complexity index is 1300. The normalized spacial score (nSPS) is 15.5. The van der Waals surface area contributed by atoms with Crippen LogP contribution in [0.25, 0.3) is 11.3 Å². The van der Waals surface area contributed by atoms with Crippen molar-refractivity contribution < 1.29 is 18.7 Å². The molecule has 1 aromatic heterocycles. The molecule has 2 aromatic carbocycles. The van der Waals surface area contributed by atoms with Crippen LogP contribution in [0.5, 0.6) is 11.5 Å². The number of carbonyl (C=O) groups is 1. The number of rotatable bonds is 4. The van der Waals surface area contributed by atoms with E-state index >= 15 is 0 Å². The summed E-state index contributed by atoms with van der Waals surface area (Å²) in [5.41, 5.74) is 0.253. The quantitative estimate of drug-likeness (QED) is 0.591. The molecule has 34 heavy (non-hydrogen) atoms. The van der Waals surface area contributed by atoms with E-state index < -0.39 is 5.54 Å². The van der Waals surface area contributed by atoms with Crippen LogP contribution in [0, 0.1) is 5.82 Å². The van der Waals surface area contributed by atoms with Crippen LogP contribution in [-0.4, -0.2) is 53.6 Å². The van der Waals surface area contributed by atoms with Gasteiger partial charge < -0.3 is 19.3 Å². The summed E-state index contributed by atoms with van der Waals surface area (Å²) in [6.07, 6.45) is 0. The van der Waals surface area contributed by atoms with E-state index in [0.29, 0.717) is 49.1 Å². The smallest absolute Gasteiger partial charge is 0.267 e. The van der Waals surface area contributed by atoms with Gasteiger partial charge >= 0.3 is 0 Å². The number of carbonyl (C=O) groups excluding carboxylic acids is 1. The maximum absolute atomic E-state index is 14.2. The summed E-state index contributed by atoms with van der Waals surface area (Å²) >= 11 is 0. The molecule has 0 bridgehead atoms. The second-order valence-electron chi connectivity index (χ2n) is 8.83. The number of piperazine rings is 1. The Morgan fingerprint density at radius 2 is 1.71 bits per heavy atom. The largest absolute Gasteiger partial charge is 0.454 e. The minimum Gasteiger partial charge on any atom is -0.454 e. The molecule has 5 rings (SSSR count). The van der Waals surface area contributed by atoms with Gasteiger partial charge in [0.15, 0.2) is 11.5 Å². The molecule has 1 amide bonds. The molecule has 3 aromatic rings. The van der Waals surface area contributed by atoms with E-state index in [9.17, 15) is 14.0 Å². The summed E-state index contributed by atoms with van der Waals surface area (Å²) in [5, 5.41) is 4.53. The Morgan fingerprint density at radius 1 is 0.971 bits per heavy atom. The van der Waals surface area contributed by atoms with E-state index in [4.69, 9.17) is 9.47 Å². The number of anilines is 1. The lowest BCUT2D eigenvalue weighted by Gasteiger charge is -2.39. The fourth-order valence-electron chi connectivity index (χ4n) is 4.36. The van der Waals surface area contributed by atoms with Gasteiger partial charge in [-0.3, -0.25) is 9.59 Å². The Morgan fingerprint density at radius 3 is 2.47 bits per heavy atom. The van der Waals surface area contributed by atoms with Crippen molar-refractivity contribution >= 4 is 11.6 Å². The lowest BCUT2D eigenvalue weighted by atomic mass is 10.0. The Labute approximate surface area is 196 Å². The van der Waals surface area contributed by atoms with Gasteiger partial charge in [-0.25, -0.2) is 9.07 Å². The van der Waals surface area contributed by atoms with E-state index in [2.05, 4.69) is 5.10 Å². The zero-order valence-corrected chi connectivity index (χ0v) is 19.0. The SMILES string of the molecule is CC(C)(C(=O)N1CCN(c2ccccc2F)CC1)n1nc(-c2ccc3c(c2)OCO3)ccc1=O. The van der Waals surface area contributed by atoms with Crippen LogP contribution in [0.2, 0.25) is 0 Å². The topological polar surface area (TPSA) is 76.9 Å². The van der Waals surface area contributed by atoms with Gasteiger partial charge in [-0.05, 0) is 50.2 Å². The number of hydrogen-bond donors (Lipinski definition) is 0. The second-order valence-corrected chi connectivity index (χ2v) is 8.83. The van der Waals surface area contributed by atoms with Gasteiger partial charge in [0.2, 0.25) is 12.7 Å². The van der Waals surface area contributed by atoms with Crippen LogP contribution >= 0.6 is 0 Å². The molecule has 0 saturated carbocycles. The molecular weight excluding hydrogens is 439 g/mol. The minimum atomic E-state index is -1.20. The van der Waals surface area contributed by atoms with Crippen LogP contribution < -0.4 is 19.9 Å². The van der Waals surface area contributed by atoms with Gasteiger partial charge in [-0.1, -0.05) is 12.1 Å². The second kappa shape index (κ2) is 8.48. The van der Waals surface area contributed by atoms with Crippen molar-refractivity contribution in [2.24, 2.45) is 0 Å². The average molecular weight is 464 g/mol. The highest BCUT2D eigenvalue weighted by Crippen LogP contribution is 2.35. The number of fused-ring (bicyclic) bond motifs is 1. The molecule has 0 radical (unpaired) electrons. The molecule has 2 aliphatic rings. The first kappa shape index (κ1) is 21.9. The number of benzene rings is 2. The summed E-state index contributed by atoms with van der Waals surface area (Å²) < 4.78 is 26.2. The van der Waals surface area contributed by atoms with Crippen LogP contribution in [0.4, 0.5) is 10.1 Å². The van der Waals surface area contributed by atoms with Crippen molar-refractivity contribution in [3.63, 3.8) is 0 Å². The molecule has 0 unspecified atom stereocenters. The van der Waals surface area contributed by atoms with Crippen LogP contribution in [0.15, 0.2) is 59.4 Å². The highest BCUT2D eigenvalue weighted by Gasteiger charge is 2.37. The third-order valence-corrected chi connectivity index (χ3v) is 6.28. The predicted molar refractivity (Wildman–Crippen MR) is 125 cm³/mol. The summed E-state index contributed by atoms with van der Waals surface area (Å²) in [7, 11) is 0. The molecule has 2 aliphatic heterocycles. The molecule has 1 saturated heterocycles. The number of halogens is 1. The Balaban J connectivity index is 1.36. The molecule has 1 fully saturated rings. The summed E-state index contributed by atoms with van der Waals surface area (Å²) in [5.74, 6) is 0.777. The minimum absolute atomic E-state index is 0.164. The van der Waals surface area contributed by atoms with Crippen molar-refractivity contribution in [3.8, 4) is 22.8 Å². The molecule has 0 aliphatic carbocycles. The highest BCUT2D eigenvalue weighted by molar-refractivity contribution is 5.84. The van der Waals surface area contributed by atoms with Gasteiger partial charge in [-0.2, -0.15) is 5.10 Å². The third kappa shape index (κ3) is 3.87. The fraction of sp³-hybridized carbons (Fsp3) is 0.320. The number of para-hydroxylation sites is 1. The zero-order valence-electron chi connectivity index (χ0n) is 19.0. The molecular formula is C25H25FN4O4. The van der Waals surface area contributed by atoms with E-state index in [-0.39, 0.29) is 24.1 Å². The van der Waals surface area contributed by atoms with Crippen LogP contribution in [0.1, 0.15) is 13.8 Å². The standard InChI is InChI=1S/C25H25FN4O4/c1-25(2,24(32)29-13-11-28(12-14-29)20-6-4-3-5-18(20)26)30-23(31)10-8-19(27-30)17-7-9-21-22(15-17)34-16-33-21/h3-10,15H,11-14,16H2,1-2H3. The van der Waals surface area contributed by atoms with Crippen LogP contribution in [-0.2, 0) is 10.3 Å². The number of ether oxygens (including phenoxy) is 2.